The van der Waals surface area contributed by atoms with Crippen LogP contribution in [0.5, 0.6) is 5.75 Å². The van der Waals surface area contributed by atoms with Crippen LogP contribution in [0, 0.1) is 5.92 Å². The van der Waals surface area contributed by atoms with Gasteiger partial charge in [-0.25, -0.2) is 0 Å². The van der Waals surface area contributed by atoms with Crippen LogP contribution in [0.25, 0.3) is 0 Å². The number of carbonyl (C=O) groups excluding carboxylic acids is 1. The molecule has 0 radical (unpaired) electrons. The first kappa shape index (κ1) is 15.3. The summed E-state index contributed by atoms with van der Waals surface area (Å²) in [5, 5.41) is 9.24. The van der Waals surface area contributed by atoms with E-state index in [2.05, 4.69) is 4.90 Å². The minimum absolute atomic E-state index is 0.0236. The molecule has 1 N–H and O–H groups in total. The van der Waals surface area contributed by atoms with Gasteiger partial charge in [0.2, 0.25) is 5.91 Å². The van der Waals surface area contributed by atoms with E-state index in [0.717, 1.165) is 50.3 Å². The second kappa shape index (κ2) is 6.67. The Morgan fingerprint density at radius 3 is 2.59 bits per heavy atom. The highest BCUT2D eigenvalue weighted by Crippen LogP contribution is 2.33. The number of amides is 1. The van der Waals surface area contributed by atoms with E-state index in [-0.39, 0.29) is 18.6 Å². The highest BCUT2D eigenvalue weighted by atomic mass is 16.5. The van der Waals surface area contributed by atoms with E-state index in [1.165, 1.54) is 0 Å². The number of hydrogen-bond donors (Lipinski definition) is 1. The summed E-state index contributed by atoms with van der Waals surface area (Å²) in [5.41, 5.74) is 0.864. The van der Waals surface area contributed by atoms with Crippen LogP contribution in [0.2, 0.25) is 0 Å². The fourth-order valence-corrected chi connectivity index (χ4v) is 3.54. The zero-order valence-corrected chi connectivity index (χ0v) is 13.1. The Kier molecular flexibility index (Phi) is 4.64. The number of piperidine rings is 1. The molecule has 1 amide bonds. The lowest BCUT2D eigenvalue weighted by Crippen LogP contribution is -2.46. The van der Waals surface area contributed by atoms with Gasteiger partial charge in [-0.15, -0.1) is 0 Å². The van der Waals surface area contributed by atoms with Gasteiger partial charge in [-0.05, 0) is 50.4 Å². The lowest BCUT2D eigenvalue weighted by Gasteiger charge is -2.34. The lowest BCUT2D eigenvalue weighted by molar-refractivity contribution is -0.122. The summed E-state index contributed by atoms with van der Waals surface area (Å²) >= 11 is 0. The van der Waals surface area contributed by atoms with Crippen molar-refractivity contribution < 1.29 is 14.6 Å². The molecule has 3 rings (SSSR count). The predicted octanol–water partition coefficient (Wildman–Crippen LogP) is 1.50. The van der Waals surface area contributed by atoms with E-state index in [0.29, 0.717) is 5.92 Å². The number of benzene rings is 1. The average molecular weight is 304 g/mol. The Balaban J connectivity index is 1.70. The molecular weight excluding hydrogens is 280 g/mol. The summed E-state index contributed by atoms with van der Waals surface area (Å²) < 4.78 is 5.38. The zero-order valence-electron chi connectivity index (χ0n) is 13.1. The number of likely N-dealkylation sites (tertiary alicyclic amines) is 1. The third kappa shape index (κ3) is 2.83. The van der Waals surface area contributed by atoms with Crippen LogP contribution in [0.3, 0.4) is 0 Å². The van der Waals surface area contributed by atoms with Crippen molar-refractivity contribution in [2.24, 2.45) is 5.92 Å². The molecule has 120 valence electrons. The van der Waals surface area contributed by atoms with Gasteiger partial charge in [0.25, 0.3) is 0 Å². The van der Waals surface area contributed by atoms with Crippen LogP contribution in [0.1, 0.15) is 19.3 Å². The lowest BCUT2D eigenvalue weighted by atomic mass is 9.96. The van der Waals surface area contributed by atoms with Gasteiger partial charge in [0.1, 0.15) is 5.75 Å². The molecule has 2 fully saturated rings. The molecular formula is C17H24N2O3. The number of aliphatic hydroxyl groups is 1. The number of aliphatic hydroxyl groups excluding tert-OH is 1. The molecule has 0 aromatic heterocycles. The molecule has 22 heavy (non-hydrogen) atoms. The molecule has 1 aromatic rings. The summed E-state index contributed by atoms with van der Waals surface area (Å²) in [6, 6.07) is 7.66. The molecule has 0 saturated carbocycles. The molecule has 0 bridgehead atoms. The molecule has 0 aliphatic carbocycles. The number of hydrogen-bond acceptors (Lipinski definition) is 4. The molecule has 5 nitrogen and oxygen atoms in total. The molecule has 2 heterocycles. The van der Waals surface area contributed by atoms with Gasteiger partial charge in [0, 0.05) is 13.2 Å². The van der Waals surface area contributed by atoms with E-state index in [9.17, 15) is 9.90 Å². The molecule has 1 aromatic carbocycles. The van der Waals surface area contributed by atoms with Crippen LogP contribution in [-0.4, -0.2) is 55.3 Å². The molecule has 2 aliphatic rings. The zero-order chi connectivity index (χ0) is 15.5. The third-order valence-electron chi connectivity index (χ3n) is 4.90. The van der Waals surface area contributed by atoms with E-state index in [4.69, 9.17) is 4.74 Å². The Hall–Kier alpha value is -1.59. The first-order valence-corrected chi connectivity index (χ1v) is 8.04. The highest BCUT2D eigenvalue weighted by Gasteiger charge is 2.38. The minimum Gasteiger partial charge on any atom is -0.495 e. The van der Waals surface area contributed by atoms with Gasteiger partial charge in [0.05, 0.1) is 18.8 Å². The van der Waals surface area contributed by atoms with Crippen LogP contribution in [0.15, 0.2) is 24.3 Å². The van der Waals surface area contributed by atoms with Crippen molar-refractivity contribution in [2.45, 2.75) is 25.3 Å². The monoisotopic (exact) mass is 304 g/mol. The fraction of sp³-hybridized carbons (Fsp3) is 0.588. The Bertz CT molecular complexity index is 526. The standard InChI is InChI=1S/C17H24N2O3/c1-22-16-5-3-2-4-14(16)19-11-8-15(17(19)21)18-9-6-13(12-20)7-10-18/h2-5,13,15,20H,6-12H2,1H3. The maximum atomic E-state index is 12.8. The third-order valence-corrected chi connectivity index (χ3v) is 4.90. The minimum atomic E-state index is -0.0236. The van der Waals surface area contributed by atoms with E-state index >= 15 is 0 Å². The molecule has 1 atom stereocenters. The molecule has 0 spiro atoms. The van der Waals surface area contributed by atoms with E-state index in [1.54, 1.807) is 7.11 Å². The second-order valence-electron chi connectivity index (χ2n) is 6.13. The van der Waals surface area contributed by atoms with Crippen molar-refractivity contribution in [1.82, 2.24) is 4.90 Å². The number of para-hydroxylation sites is 2. The fourth-order valence-electron chi connectivity index (χ4n) is 3.54. The van der Waals surface area contributed by atoms with Gasteiger partial charge in [0.15, 0.2) is 0 Å². The Morgan fingerprint density at radius 2 is 1.91 bits per heavy atom. The van der Waals surface area contributed by atoms with Crippen LogP contribution in [0.4, 0.5) is 5.69 Å². The largest absolute Gasteiger partial charge is 0.495 e. The summed E-state index contributed by atoms with van der Waals surface area (Å²) in [4.78, 5) is 16.9. The van der Waals surface area contributed by atoms with Gasteiger partial charge in [-0.2, -0.15) is 0 Å². The molecule has 2 aliphatic heterocycles. The van der Waals surface area contributed by atoms with Crippen molar-refractivity contribution in [3.8, 4) is 5.75 Å². The van der Waals surface area contributed by atoms with Gasteiger partial charge < -0.3 is 14.7 Å². The smallest absolute Gasteiger partial charge is 0.244 e. The quantitative estimate of drug-likeness (QED) is 0.916. The molecule has 1 unspecified atom stereocenters. The summed E-state index contributed by atoms with van der Waals surface area (Å²) in [5.74, 6) is 1.32. The maximum Gasteiger partial charge on any atom is 0.244 e. The first-order valence-electron chi connectivity index (χ1n) is 8.04. The first-order chi connectivity index (χ1) is 10.7. The summed E-state index contributed by atoms with van der Waals surface area (Å²) in [7, 11) is 1.64. The van der Waals surface area contributed by atoms with Crippen LogP contribution >= 0.6 is 0 Å². The molecule has 2 saturated heterocycles. The number of nitrogens with zero attached hydrogens (tertiary/aromatic N) is 2. The van der Waals surface area contributed by atoms with Crippen LogP contribution < -0.4 is 9.64 Å². The van der Waals surface area contributed by atoms with Gasteiger partial charge in [-0.3, -0.25) is 9.69 Å². The SMILES string of the molecule is COc1ccccc1N1CCC(N2CCC(CO)CC2)C1=O. The van der Waals surface area contributed by atoms with Crippen LogP contribution in [-0.2, 0) is 4.79 Å². The number of ether oxygens (including phenoxy) is 1. The Morgan fingerprint density at radius 1 is 1.18 bits per heavy atom. The second-order valence-corrected chi connectivity index (χ2v) is 6.13. The average Bonchev–Trinajstić information content (AvgIpc) is 2.96. The van der Waals surface area contributed by atoms with Crippen molar-refractivity contribution in [1.29, 1.82) is 0 Å². The number of methoxy groups -OCH3 is 1. The summed E-state index contributed by atoms with van der Waals surface area (Å²) in [6.07, 6.45) is 2.82. The summed E-state index contributed by atoms with van der Waals surface area (Å²) in [6.45, 7) is 2.81. The van der Waals surface area contributed by atoms with E-state index in [1.807, 2.05) is 29.2 Å². The van der Waals surface area contributed by atoms with Gasteiger partial charge in [-0.1, -0.05) is 12.1 Å². The number of rotatable bonds is 4. The Labute approximate surface area is 131 Å². The van der Waals surface area contributed by atoms with E-state index < -0.39 is 0 Å². The van der Waals surface area contributed by atoms with Gasteiger partial charge >= 0.3 is 0 Å². The number of anilines is 1. The highest BCUT2D eigenvalue weighted by molar-refractivity contribution is 6.00. The molecule has 5 heteroatoms. The van der Waals surface area contributed by atoms with Crippen molar-refractivity contribution in [3.05, 3.63) is 24.3 Å². The van der Waals surface area contributed by atoms with Crippen molar-refractivity contribution in [2.75, 3.05) is 38.3 Å². The maximum absolute atomic E-state index is 12.8. The number of carbonyl (C=O) groups is 1. The van der Waals surface area contributed by atoms with Crippen molar-refractivity contribution >= 4 is 11.6 Å². The topological polar surface area (TPSA) is 53.0 Å². The normalized spacial score (nSPS) is 24.0. The van der Waals surface area contributed by atoms with Crippen molar-refractivity contribution in [3.63, 3.8) is 0 Å². The predicted molar refractivity (Wildman–Crippen MR) is 85.1 cm³/mol.